The maximum absolute atomic E-state index is 13.0. The Morgan fingerprint density at radius 2 is 1.00 bits per heavy atom. The molecule has 0 saturated heterocycles. The Morgan fingerprint density at radius 1 is 0.700 bits per heavy atom. The minimum atomic E-state index is -6.34. The van der Waals surface area contributed by atoms with Crippen LogP contribution in [0.15, 0.2) is 49.4 Å². The van der Waals surface area contributed by atoms with E-state index in [1.54, 1.807) is 0 Å². The van der Waals surface area contributed by atoms with Gasteiger partial charge in [-0.05, 0) is 0 Å². The molecule has 0 fully saturated rings. The summed E-state index contributed by atoms with van der Waals surface area (Å²) in [6, 6.07) is 0. The molecule has 7 nitrogen and oxygen atoms in total. The molecule has 114 valence electrons. The van der Waals surface area contributed by atoms with Gasteiger partial charge in [-0.2, -0.15) is 0 Å². The first-order valence-electron chi connectivity index (χ1n) is 5.58. The van der Waals surface area contributed by atoms with E-state index in [4.69, 9.17) is 13.6 Å². The van der Waals surface area contributed by atoms with Crippen LogP contribution in [-0.4, -0.2) is 0 Å². The number of rotatable bonds is 10. The number of allylic oxidation sites excluding steroid dienone is 4. The van der Waals surface area contributed by atoms with E-state index in [0.717, 1.165) is 0 Å². The van der Waals surface area contributed by atoms with Gasteiger partial charge in [0.05, 0.1) is 0 Å². The second kappa shape index (κ2) is 6.85. The van der Waals surface area contributed by atoms with Crippen molar-refractivity contribution in [3.8, 4) is 0 Å². The molecule has 0 aliphatic rings. The Bertz CT molecular complexity index is 448. The first-order valence-corrected chi connectivity index (χ1v) is 8.77. The van der Waals surface area contributed by atoms with Gasteiger partial charge >= 0.3 is 121 Å². The van der Waals surface area contributed by atoms with Crippen molar-refractivity contribution >= 4 is 0 Å². The summed E-state index contributed by atoms with van der Waals surface area (Å²) >= 11 is -6.34. The number of hydrogen-bond donors (Lipinski definition) is 0. The van der Waals surface area contributed by atoms with Crippen molar-refractivity contribution in [2.24, 2.45) is 0 Å². The van der Waals surface area contributed by atoms with E-state index >= 15 is 0 Å². The van der Waals surface area contributed by atoms with Gasteiger partial charge in [-0.3, -0.25) is 0 Å². The molecule has 0 unspecified atom stereocenters. The molecular weight excluding hydrogens is 304 g/mol. The van der Waals surface area contributed by atoms with Gasteiger partial charge in [-0.25, -0.2) is 0 Å². The van der Waals surface area contributed by atoms with Gasteiger partial charge in [-0.15, -0.1) is 0 Å². The average Bonchev–Trinajstić information content (AvgIpc) is 2.22. The van der Waals surface area contributed by atoms with Gasteiger partial charge in [0.25, 0.3) is 0 Å². The molecule has 0 aliphatic carbocycles. The van der Waals surface area contributed by atoms with Crippen molar-refractivity contribution in [3.63, 3.8) is 0 Å². The fraction of sp³-hybridized carbons (Fsp3) is 0.333. The van der Waals surface area contributed by atoms with Crippen LogP contribution in [0.3, 0.4) is 0 Å². The Morgan fingerprint density at radius 3 is 1.20 bits per heavy atom. The van der Waals surface area contributed by atoms with Crippen LogP contribution >= 0.6 is 0 Å². The third kappa shape index (κ3) is 6.67. The molecule has 0 amide bonds. The molecule has 0 atom stereocenters. The zero-order valence-electron chi connectivity index (χ0n) is 12.2. The molecule has 8 heteroatoms. The predicted molar refractivity (Wildman–Crippen MR) is 66.5 cm³/mol. The second-order valence-corrected chi connectivity index (χ2v) is 7.94. The average molecular weight is 324 g/mol. The zero-order valence-corrected chi connectivity index (χ0v) is 13.7. The topological polar surface area (TPSA) is 72.5 Å². The van der Waals surface area contributed by atoms with Crippen molar-refractivity contribution < 1.29 is 43.5 Å². The first kappa shape index (κ1) is 18.6. The molecule has 0 N–H and O–H groups in total. The van der Waals surface area contributed by atoms with Gasteiger partial charge in [0.2, 0.25) is 0 Å². The summed E-state index contributed by atoms with van der Waals surface area (Å²) in [5.74, 6) is 0.166. The number of hydrogen-bond acceptors (Lipinski definition) is 7. The molecular formula is C12H20O7Ti. The quantitative estimate of drug-likeness (QED) is 0.262. The van der Waals surface area contributed by atoms with Crippen molar-refractivity contribution in [1.29, 1.82) is 0 Å². The van der Waals surface area contributed by atoms with E-state index in [1.165, 1.54) is 27.7 Å². The van der Waals surface area contributed by atoms with Crippen LogP contribution < -0.4 is 0 Å². The summed E-state index contributed by atoms with van der Waals surface area (Å²) in [5.41, 5.74) is 0. The summed E-state index contributed by atoms with van der Waals surface area (Å²) < 4.78 is 32.5. The molecule has 0 saturated carbocycles. The summed E-state index contributed by atoms with van der Waals surface area (Å²) in [7, 11) is 0. The molecule has 0 aromatic heterocycles. The molecule has 0 aliphatic heterocycles. The molecule has 0 heterocycles. The van der Waals surface area contributed by atoms with Gasteiger partial charge in [0.1, 0.15) is 0 Å². The van der Waals surface area contributed by atoms with Crippen LogP contribution in [0.4, 0.5) is 0 Å². The normalized spacial score (nSPS) is 11.2. The Balaban J connectivity index is 5.53. The van der Waals surface area contributed by atoms with Crippen molar-refractivity contribution in [3.05, 3.63) is 49.4 Å². The van der Waals surface area contributed by atoms with Crippen molar-refractivity contribution in [2.45, 2.75) is 27.7 Å². The van der Waals surface area contributed by atoms with E-state index in [-0.39, 0.29) is 23.0 Å². The fourth-order valence-electron chi connectivity index (χ4n) is 0.950. The van der Waals surface area contributed by atoms with Crippen LogP contribution in [0.1, 0.15) is 27.7 Å². The van der Waals surface area contributed by atoms with E-state index in [0.29, 0.717) is 0 Å². The van der Waals surface area contributed by atoms with Gasteiger partial charge in [0.15, 0.2) is 0 Å². The SMILES string of the molecule is C=C(C)O[O][Ti](=[O])([O]OC(=C)C)([O]C(=C)C)[O]C(=C)C. The van der Waals surface area contributed by atoms with Gasteiger partial charge in [-0.1, -0.05) is 0 Å². The fourth-order valence-corrected chi connectivity index (χ4v) is 3.92. The zero-order chi connectivity index (χ0) is 16.0. The molecule has 0 spiro atoms. The summed E-state index contributed by atoms with van der Waals surface area (Å²) in [5, 5.41) is 0. The monoisotopic (exact) mass is 324 g/mol. The van der Waals surface area contributed by atoms with E-state index in [9.17, 15) is 3.32 Å². The molecule has 0 aromatic rings. The predicted octanol–water partition coefficient (Wildman–Crippen LogP) is 3.75. The van der Waals surface area contributed by atoms with Crippen LogP contribution in [-0.2, 0) is 43.5 Å². The molecule has 0 bridgehead atoms. The third-order valence-electron chi connectivity index (χ3n) is 1.32. The standard InChI is InChI=1S/2C3H6O2.2C3H6O.O.Ti/c2*1-3(2)5-4;2*1-3(2)4;;/h2*4H,1H2,2H3;2*4H,1H2,2H3;;/q;;;;;+4/p-4. The van der Waals surface area contributed by atoms with Gasteiger partial charge in [0, 0.05) is 0 Å². The van der Waals surface area contributed by atoms with Gasteiger partial charge < -0.3 is 0 Å². The third-order valence-corrected chi connectivity index (χ3v) is 4.56. The van der Waals surface area contributed by atoms with Crippen LogP contribution in [0.25, 0.3) is 0 Å². The van der Waals surface area contributed by atoms with Crippen LogP contribution in [0.2, 0.25) is 0 Å². The molecule has 0 rings (SSSR count). The van der Waals surface area contributed by atoms with E-state index < -0.39 is 16.8 Å². The molecule has 20 heavy (non-hydrogen) atoms. The summed E-state index contributed by atoms with van der Waals surface area (Å²) in [4.78, 5) is 9.31. The Kier molecular flexibility index (Phi) is 6.37. The molecule has 0 aromatic carbocycles. The van der Waals surface area contributed by atoms with E-state index in [2.05, 4.69) is 36.1 Å². The second-order valence-electron chi connectivity index (χ2n) is 4.18. The summed E-state index contributed by atoms with van der Waals surface area (Å²) in [6.45, 7) is 19.5. The Hall–Kier alpha value is -1.41. The van der Waals surface area contributed by atoms with Crippen LogP contribution in [0, 0.1) is 0 Å². The van der Waals surface area contributed by atoms with Crippen molar-refractivity contribution in [1.82, 2.24) is 0 Å². The van der Waals surface area contributed by atoms with E-state index in [1.807, 2.05) is 0 Å². The first-order chi connectivity index (χ1) is 8.96. The summed E-state index contributed by atoms with van der Waals surface area (Å²) in [6.07, 6.45) is 0. The van der Waals surface area contributed by atoms with Crippen LogP contribution in [0.5, 0.6) is 0 Å². The Labute approximate surface area is 121 Å². The minimum absolute atomic E-state index is 0.00567. The van der Waals surface area contributed by atoms with Crippen molar-refractivity contribution in [2.75, 3.05) is 0 Å². The molecule has 0 radical (unpaired) electrons. The maximum atomic E-state index is 13.0.